The zero-order valence-electron chi connectivity index (χ0n) is 8.70. The van der Waals surface area contributed by atoms with E-state index in [4.69, 9.17) is 11.6 Å². The van der Waals surface area contributed by atoms with Gasteiger partial charge in [0.15, 0.2) is 0 Å². The topological polar surface area (TPSA) is 30.0 Å². The smallest absolute Gasteiger partial charge is 0.211 e. The molecule has 0 atom stereocenters. The Bertz CT molecular complexity index is 502. The second kappa shape index (κ2) is 4.45. The van der Waals surface area contributed by atoms with Crippen molar-refractivity contribution in [3.8, 4) is 11.3 Å². The van der Waals surface area contributed by atoms with Crippen LogP contribution in [0.3, 0.4) is 0 Å². The van der Waals surface area contributed by atoms with Gasteiger partial charge in [0, 0.05) is 6.20 Å². The van der Waals surface area contributed by atoms with E-state index in [1.54, 1.807) is 24.4 Å². The fourth-order valence-electron chi connectivity index (χ4n) is 1.33. The molecule has 0 bridgehead atoms. The molecule has 80 valence electrons. The first-order chi connectivity index (χ1) is 7.66. The van der Waals surface area contributed by atoms with Crippen LogP contribution < -0.4 is 0 Å². The zero-order chi connectivity index (χ0) is 11.5. The first-order valence-corrected chi connectivity index (χ1v) is 5.19. The summed E-state index contributed by atoms with van der Waals surface area (Å²) in [6.45, 7) is 1.98. The highest BCUT2D eigenvalue weighted by atomic mass is 35.5. The first-order valence-electron chi connectivity index (χ1n) is 4.81. The van der Waals surface area contributed by atoms with E-state index in [0.29, 0.717) is 5.56 Å². The molecule has 0 aliphatic rings. The summed E-state index contributed by atoms with van der Waals surface area (Å²) in [5, 5.41) is -0.473. The van der Waals surface area contributed by atoms with Gasteiger partial charge in [-0.15, -0.1) is 29.8 Å². The number of carbonyl (C=O) groups excluding carboxylic acids is 1. The Morgan fingerprint density at radius 1 is 1.31 bits per heavy atom. The number of halogens is 1. The van der Waals surface area contributed by atoms with E-state index in [2.05, 4.69) is 11.1 Å². The predicted octanol–water partition coefficient (Wildman–Crippen LogP) is 3.24. The van der Waals surface area contributed by atoms with Crippen molar-refractivity contribution in [2.75, 3.05) is 0 Å². The molecular formula is C13H9ClNO-. The minimum absolute atomic E-state index is 0.442. The van der Waals surface area contributed by atoms with Gasteiger partial charge in [-0.3, -0.25) is 4.79 Å². The molecule has 16 heavy (non-hydrogen) atoms. The lowest BCUT2D eigenvalue weighted by atomic mass is 10.1. The highest BCUT2D eigenvalue weighted by molar-refractivity contribution is 6.67. The fourth-order valence-corrected chi connectivity index (χ4v) is 1.45. The van der Waals surface area contributed by atoms with Crippen LogP contribution in [0.15, 0.2) is 36.5 Å². The second-order valence-corrected chi connectivity index (χ2v) is 3.83. The molecular weight excluding hydrogens is 222 g/mol. The van der Waals surface area contributed by atoms with E-state index in [1.807, 2.05) is 19.1 Å². The molecule has 1 heterocycles. The molecule has 0 radical (unpaired) electrons. The van der Waals surface area contributed by atoms with Crippen molar-refractivity contribution < 1.29 is 4.79 Å². The zero-order valence-corrected chi connectivity index (χ0v) is 9.45. The van der Waals surface area contributed by atoms with Crippen LogP contribution in [-0.4, -0.2) is 10.2 Å². The average Bonchev–Trinajstić information content (AvgIpc) is 2.30. The van der Waals surface area contributed by atoms with Gasteiger partial charge in [-0.1, -0.05) is 12.1 Å². The van der Waals surface area contributed by atoms with Gasteiger partial charge in [0.05, 0.1) is 0 Å². The van der Waals surface area contributed by atoms with Gasteiger partial charge in [-0.05, 0) is 35.3 Å². The number of aromatic nitrogens is 1. The van der Waals surface area contributed by atoms with Gasteiger partial charge < -0.3 is 4.98 Å². The number of nitrogens with zero attached hydrogens (tertiary/aromatic N) is 1. The Hall–Kier alpha value is -1.67. The van der Waals surface area contributed by atoms with Gasteiger partial charge in [0.25, 0.3) is 0 Å². The molecule has 0 amide bonds. The highest BCUT2D eigenvalue weighted by Gasteiger charge is 1.95. The third-order valence-corrected chi connectivity index (χ3v) is 2.45. The lowest BCUT2D eigenvalue weighted by Gasteiger charge is -2.09. The van der Waals surface area contributed by atoms with Crippen LogP contribution in [-0.2, 0) is 0 Å². The third kappa shape index (κ3) is 2.28. The number of hydrogen-bond donors (Lipinski definition) is 0. The number of rotatable bonds is 2. The predicted molar refractivity (Wildman–Crippen MR) is 63.4 cm³/mol. The molecule has 0 saturated carbocycles. The first kappa shape index (κ1) is 10.8. The van der Waals surface area contributed by atoms with Crippen LogP contribution in [0, 0.1) is 13.0 Å². The number of hydrogen-bond acceptors (Lipinski definition) is 2. The minimum atomic E-state index is -0.473. The summed E-state index contributed by atoms with van der Waals surface area (Å²) in [6.07, 6.45) is 1.80. The summed E-state index contributed by atoms with van der Waals surface area (Å²) in [5.41, 5.74) is 3.23. The van der Waals surface area contributed by atoms with Crippen LogP contribution in [0.1, 0.15) is 15.9 Å². The average molecular weight is 231 g/mol. The van der Waals surface area contributed by atoms with Crippen LogP contribution in [0.4, 0.5) is 0 Å². The standard InChI is InChI=1S/C13H9ClNO/c1-9-2-7-12(15-8-9)10-3-5-11(6-4-10)13(14)16/h2-3,5-8H,1H3/q-1. The maximum Gasteiger partial charge on any atom is 0.211 e. The number of benzene rings is 1. The van der Waals surface area contributed by atoms with Gasteiger partial charge >= 0.3 is 0 Å². The molecule has 0 aliphatic carbocycles. The van der Waals surface area contributed by atoms with Gasteiger partial charge in [-0.2, -0.15) is 0 Å². The maximum absolute atomic E-state index is 10.9. The lowest BCUT2D eigenvalue weighted by molar-refractivity contribution is 0.108. The molecule has 2 nitrogen and oxygen atoms in total. The van der Waals surface area contributed by atoms with E-state index in [-0.39, 0.29) is 0 Å². The SMILES string of the molecule is Cc1ccc(-c2[c-]cc(C(=O)Cl)cc2)nc1. The summed E-state index contributed by atoms with van der Waals surface area (Å²) in [5.74, 6) is 0. The number of carbonyl (C=O) groups is 1. The van der Waals surface area contributed by atoms with E-state index in [9.17, 15) is 4.79 Å². The van der Waals surface area contributed by atoms with Gasteiger partial charge in [0.1, 0.15) is 0 Å². The summed E-state index contributed by atoms with van der Waals surface area (Å²) < 4.78 is 0. The Morgan fingerprint density at radius 2 is 2.12 bits per heavy atom. The molecule has 0 N–H and O–H groups in total. The highest BCUT2D eigenvalue weighted by Crippen LogP contribution is 2.17. The van der Waals surface area contributed by atoms with Crippen LogP contribution >= 0.6 is 11.6 Å². The van der Waals surface area contributed by atoms with Crippen molar-refractivity contribution in [1.29, 1.82) is 0 Å². The van der Waals surface area contributed by atoms with Crippen molar-refractivity contribution in [2.45, 2.75) is 6.92 Å². The van der Waals surface area contributed by atoms with E-state index in [0.717, 1.165) is 16.8 Å². The summed E-state index contributed by atoms with van der Waals surface area (Å²) in [6, 6.07) is 11.9. The Kier molecular flexibility index (Phi) is 3.02. The summed E-state index contributed by atoms with van der Waals surface area (Å²) >= 11 is 5.35. The number of pyridine rings is 1. The monoisotopic (exact) mass is 230 g/mol. The van der Waals surface area contributed by atoms with Crippen molar-refractivity contribution in [2.24, 2.45) is 0 Å². The van der Waals surface area contributed by atoms with E-state index >= 15 is 0 Å². The molecule has 2 rings (SSSR count). The van der Waals surface area contributed by atoms with Gasteiger partial charge in [-0.25, -0.2) is 0 Å². The molecule has 0 saturated heterocycles. The van der Waals surface area contributed by atoms with Crippen molar-refractivity contribution >= 4 is 16.8 Å². The fraction of sp³-hybridized carbons (Fsp3) is 0.0769. The van der Waals surface area contributed by atoms with Crippen molar-refractivity contribution in [1.82, 2.24) is 4.98 Å². The molecule has 0 fully saturated rings. The largest absolute Gasteiger partial charge is 0.304 e. The summed E-state index contributed by atoms with van der Waals surface area (Å²) in [4.78, 5) is 15.1. The van der Waals surface area contributed by atoms with Crippen LogP contribution in [0.5, 0.6) is 0 Å². The van der Waals surface area contributed by atoms with Crippen LogP contribution in [0.25, 0.3) is 11.3 Å². The molecule has 1 aromatic heterocycles. The van der Waals surface area contributed by atoms with Crippen LogP contribution in [0.2, 0.25) is 0 Å². The Labute approximate surface area is 98.9 Å². The van der Waals surface area contributed by atoms with E-state index in [1.165, 1.54) is 0 Å². The van der Waals surface area contributed by atoms with Crippen molar-refractivity contribution in [3.05, 3.63) is 53.7 Å². The maximum atomic E-state index is 10.9. The van der Waals surface area contributed by atoms with E-state index < -0.39 is 5.24 Å². The molecule has 3 heteroatoms. The van der Waals surface area contributed by atoms with Gasteiger partial charge in [0.2, 0.25) is 5.24 Å². The van der Waals surface area contributed by atoms with Crippen molar-refractivity contribution in [3.63, 3.8) is 0 Å². The molecule has 1 aromatic carbocycles. The quantitative estimate of drug-likeness (QED) is 0.586. The Morgan fingerprint density at radius 3 is 2.62 bits per heavy atom. The minimum Gasteiger partial charge on any atom is -0.304 e. The summed E-state index contributed by atoms with van der Waals surface area (Å²) in [7, 11) is 0. The molecule has 0 unspecified atom stereocenters. The molecule has 0 aliphatic heterocycles. The molecule has 0 spiro atoms. The molecule has 2 aromatic rings. The normalized spacial score (nSPS) is 10.1. The second-order valence-electron chi connectivity index (χ2n) is 3.49. The Balaban J connectivity index is 2.34. The third-order valence-electron chi connectivity index (χ3n) is 2.23. The number of aryl methyl sites for hydroxylation is 1. The lowest BCUT2D eigenvalue weighted by Crippen LogP contribution is -1.89.